The van der Waals surface area contributed by atoms with Crippen molar-refractivity contribution in [1.82, 2.24) is 9.47 Å². The highest BCUT2D eigenvalue weighted by Crippen LogP contribution is 2.40. The fourth-order valence-corrected chi connectivity index (χ4v) is 11.9. The average molecular weight is 946 g/mol. The molecule has 0 spiro atoms. The number of hydrogen-bond donors (Lipinski definition) is 1. The number of methoxy groups -OCH3 is 3. The summed E-state index contributed by atoms with van der Waals surface area (Å²) < 4.78 is 33.2. The van der Waals surface area contributed by atoms with E-state index in [0.717, 1.165) is 49.1 Å². The Hall–Kier alpha value is -3.88. The minimum absolute atomic E-state index is 0.0459. The molecule has 1 saturated carbocycles. The van der Waals surface area contributed by atoms with Gasteiger partial charge in [-0.25, -0.2) is 4.79 Å². The van der Waals surface area contributed by atoms with E-state index in [1.54, 1.807) is 28.3 Å². The molecular weight excluding hydrogens is 863 g/mol. The third-order valence-electron chi connectivity index (χ3n) is 15.9. The molecule has 1 aliphatic carbocycles. The van der Waals surface area contributed by atoms with Crippen molar-refractivity contribution < 1.29 is 48.0 Å². The Morgan fingerprint density at radius 3 is 2.34 bits per heavy atom. The molecule has 3 fully saturated rings. The molecule has 378 valence electrons. The van der Waals surface area contributed by atoms with E-state index < -0.39 is 59.8 Å². The molecule has 6 rings (SSSR count). The monoisotopic (exact) mass is 946 g/mol. The number of benzene rings is 1. The molecule has 1 aromatic carbocycles. The number of nitrogens with zero attached hydrogens (tertiary/aromatic N) is 3. The maximum Gasteiger partial charge on any atom is 0.329 e. The standard InChI is InChI=1S/C55H83N3O10/c1-12-24-57-26-23-41-33-42(19-21-43(41)57)56(8)44-20-18-39(32-47(44)64-9)30-37(6)50-36(5)17-22-46(59)40(13-2)28-34(3)27-35(4)29-48(65-10)51-49(66-11)31-38(7)55(63,68-51)52(60)53(61)58-25-15-14-16-45(58)54(62)67-50/h19,21,23,26,28,30,33,35-36,38-40,44-45,47-51,63H,12-18,20,22,24-25,27,29,31-32H2,1-11H3. The molecule has 1 aromatic heterocycles. The second-order valence-electron chi connectivity index (χ2n) is 20.9. The van der Waals surface area contributed by atoms with Crippen molar-refractivity contribution in [1.29, 1.82) is 0 Å². The number of likely N-dealkylation sites (N-methyl/N-ethyl adjacent to an activating group) is 1. The molecule has 2 aromatic rings. The largest absolute Gasteiger partial charge is 0.456 e. The van der Waals surface area contributed by atoms with E-state index in [-0.39, 0.29) is 54.6 Å². The first-order chi connectivity index (χ1) is 32.5. The number of carbonyl (C=O) groups excluding carboxylic acids is 4. The van der Waals surface area contributed by atoms with Gasteiger partial charge in [0.1, 0.15) is 24.0 Å². The molecule has 68 heavy (non-hydrogen) atoms. The van der Waals surface area contributed by atoms with Gasteiger partial charge >= 0.3 is 5.97 Å². The number of ether oxygens (including phenoxy) is 5. The number of anilines is 1. The number of fused-ring (bicyclic) bond motifs is 4. The molecule has 4 heterocycles. The summed E-state index contributed by atoms with van der Waals surface area (Å²) in [6.07, 6.45) is 12.0. The van der Waals surface area contributed by atoms with Crippen molar-refractivity contribution in [2.75, 3.05) is 39.8 Å². The average Bonchev–Trinajstić information content (AvgIpc) is 3.74. The second kappa shape index (κ2) is 23.8. The van der Waals surface area contributed by atoms with E-state index in [4.69, 9.17) is 23.7 Å². The summed E-state index contributed by atoms with van der Waals surface area (Å²) in [6, 6.07) is 7.99. The molecular formula is C55H83N3O10. The molecule has 2 saturated heterocycles. The maximum absolute atomic E-state index is 14.6. The van der Waals surface area contributed by atoms with Crippen molar-refractivity contribution in [2.45, 2.75) is 187 Å². The Balaban J connectivity index is 1.28. The molecule has 13 atom stereocenters. The van der Waals surface area contributed by atoms with Crippen LogP contribution in [0.1, 0.15) is 132 Å². The normalized spacial score (nSPS) is 34.5. The topological polar surface area (TPSA) is 146 Å². The Kier molecular flexibility index (Phi) is 18.7. The fourth-order valence-electron chi connectivity index (χ4n) is 11.9. The molecule has 1 N–H and O–H groups in total. The van der Waals surface area contributed by atoms with Gasteiger partial charge in [0.2, 0.25) is 5.79 Å². The molecule has 13 nitrogen and oxygen atoms in total. The van der Waals surface area contributed by atoms with Gasteiger partial charge < -0.3 is 43.2 Å². The number of ketones is 2. The lowest BCUT2D eigenvalue weighted by molar-refractivity contribution is -0.302. The third-order valence-corrected chi connectivity index (χ3v) is 15.9. The van der Waals surface area contributed by atoms with Gasteiger partial charge in [-0.3, -0.25) is 14.4 Å². The van der Waals surface area contributed by atoms with Crippen molar-refractivity contribution in [3.63, 3.8) is 0 Å². The predicted molar refractivity (Wildman–Crippen MR) is 265 cm³/mol. The van der Waals surface area contributed by atoms with Gasteiger partial charge in [-0.1, -0.05) is 52.3 Å². The van der Waals surface area contributed by atoms with Crippen LogP contribution in [0, 0.1) is 29.6 Å². The van der Waals surface area contributed by atoms with Gasteiger partial charge in [-0.2, -0.15) is 0 Å². The summed E-state index contributed by atoms with van der Waals surface area (Å²) in [6.45, 7) is 15.2. The number of allylic oxidation sites excluding steroid dienone is 3. The SMILES string of the molecule is CCCn1ccc2cc(N(C)C3CCC(C=C(C)C4OC(=O)C5CCCCN5C(=O)C(=O)C5(O)OC(C(OC)CC(C)CC(C)=CC(CC)C(=O)CCC4C)C(OC)CC5C)CC3OC)ccc21. The number of carbonyl (C=O) groups is 4. The zero-order chi connectivity index (χ0) is 49.4. The first-order valence-electron chi connectivity index (χ1n) is 25.7. The molecule has 13 unspecified atom stereocenters. The van der Waals surface area contributed by atoms with Gasteiger partial charge in [0.05, 0.1) is 24.4 Å². The minimum atomic E-state index is -2.47. The van der Waals surface area contributed by atoms with Crippen LogP contribution in [0.5, 0.6) is 0 Å². The van der Waals surface area contributed by atoms with E-state index in [2.05, 4.69) is 79.9 Å². The Labute approximate surface area is 406 Å². The Morgan fingerprint density at radius 1 is 0.926 bits per heavy atom. The summed E-state index contributed by atoms with van der Waals surface area (Å²) in [5, 5.41) is 13.4. The lowest BCUT2D eigenvalue weighted by Crippen LogP contribution is -2.64. The van der Waals surface area contributed by atoms with Crippen LogP contribution in [0.3, 0.4) is 0 Å². The van der Waals surface area contributed by atoms with Crippen molar-refractivity contribution >= 4 is 40.0 Å². The molecule has 2 bridgehead atoms. The molecule has 3 aliphatic heterocycles. The van der Waals surface area contributed by atoms with E-state index in [9.17, 15) is 24.3 Å². The first kappa shape index (κ1) is 53.5. The van der Waals surface area contributed by atoms with Gasteiger partial charge in [0.15, 0.2) is 0 Å². The molecule has 4 aliphatic rings. The smallest absolute Gasteiger partial charge is 0.329 e. The van der Waals surface area contributed by atoms with Crippen LogP contribution >= 0.6 is 0 Å². The Morgan fingerprint density at radius 2 is 1.65 bits per heavy atom. The lowest BCUT2D eigenvalue weighted by Gasteiger charge is -2.47. The summed E-state index contributed by atoms with van der Waals surface area (Å²) >= 11 is 0. The maximum atomic E-state index is 14.6. The number of aromatic nitrogens is 1. The summed E-state index contributed by atoms with van der Waals surface area (Å²) in [7, 11) is 7.06. The molecule has 1 amide bonds. The zero-order valence-electron chi connectivity index (χ0n) is 43.0. The van der Waals surface area contributed by atoms with Crippen LogP contribution < -0.4 is 4.90 Å². The van der Waals surface area contributed by atoms with Crippen LogP contribution in [0.4, 0.5) is 5.69 Å². The quantitative estimate of drug-likeness (QED) is 0.138. The number of amides is 1. The van der Waals surface area contributed by atoms with Crippen LogP contribution in [0.2, 0.25) is 0 Å². The van der Waals surface area contributed by atoms with E-state index in [0.29, 0.717) is 51.4 Å². The van der Waals surface area contributed by atoms with Crippen molar-refractivity contribution in [3.8, 4) is 0 Å². The number of piperidine rings is 1. The summed E-state index contributed by atoms with van der Waals surface area (Å²) in [5.74, 6) is -6.05. The molecule has 0 radical (unpaired) electrons. The minimum Gasteiger partial charge on any atom is -0.456 e. The highest BCUT2D eigenvalue weighted by atomic mass is 16.7. The lowest BCUT2D eigenvalue weighted by atomic mass is 9.80. The number of aryl methyl sites for hydroxylation is 1. The number of hydrogen-bond acceptors (Lipinski definition) is 11. The van der Waals surface area contributed by atoms with E-state index in [1.165, 1.54) is 15.8 Å². The second-order valence-corrected chi connectivity index (χ2v) is 20.9. The zero-order valence-corrected chi connectivity index (χ0v) is 43.0. The van der Waals surface area contributed by atoms with Crippen LogP contribution in [0.15, 0.2) is 53.8 Å². The van der Waals surface area contributed by atoms with Crippen molar-refractivity contribution in [2.24, 2.45) is 29.6 Å². The Bertz CT molecular complexity index is 2110. The molecule has 13 heteroatoms. The summed E-state index contributed by atoms with van der Waals surface area (Å²) in [5.41, 5.74) is 4.36. The van der Waals surface area contributed by atoms with Crippen LogP contribution in [0.25, 0.3) is 10.9 Å². The predicted octanol–water partition coefficient (Wildman–Crippen LogP) is 9.01. The van der Waals surface area contributed by atoms with Crippen molar-refractivity contribution in [3.05, 3.63) is 53.8 Å². The van der Waals surface area contributed by atoms with Gasteiger partial charge in [0.25, 0.3) is 11.7 Å². The first-order valence-corrected chi connectivity index (χ1v) is 25.7. The third kappa shape index (κ3) is 12.0. The van der Waals surface area contributed by atoms with E-state index in [1.807, 2.05) is 20.8 Å². The number of cyclic esters (lactones) is 1. The van der Waals surface area contributed by atoms with Gasteiger partial charge in [-0.05, 0) is 138 Å². The number of aliphatic hydroxyl groups is 1. The van der Waals surface area contributed by atoms with E-state index >= 15 is 0 Å². The number of rotatable bonds is 10. The number of Topliss-reactive ketones (excluding diaryl/α,β-unsaturated/α-hetero) is 2. The van der Waals surface area contributed by atoms with Crippen LogP contribution in [-0.4, -0.2) is 121 Å². The highest BCUT2D eigenvalue weighted by Gasteiger charge is 2.56. The number of esters is 1. The van der Waals surface area contributed by atoms with Gasteiger partial charge in [0, 0.05) is 82.5 Å². The fraction of sp³-hybridized carbons (Fsp3) is 0.709. The highest BCUT2D eigenvalue weighted by molar-refractivity contribution is 6.39. The van der Waals surface area contributed by atoms with Gasteiger partial charge in [-0.15, -0.1) is 0 Å². The van der Waals surface area contributed by atoms with Crippen LogP contribution in [-0.2, 0) is 49.4 Å². The summed E-state index contributed by atoms with van der Waals surface area (Å²) in [4.78, 5) is 61.1.